The molecule has 8 heteroatoms. The van der Waals surface area contributed by atoms with Crippen LogP contribution in [0.4, 0.5) is 10.6 Å². The molecule has 0 aliphatic rings. The number of nitrogens with zero attached hydrogens (tertiary/aromatic N) is 5. The molecule has 0 radical (unpaired) electrons. The average molecular weight is 604 g/mol. The standard InChI is InChI=1S/C37H41N5O3/c1-26-15-19-29(20-16-26)24-37(7,41(28(3)43)33-14-10-11-23-38-33)42-32-13-9-8-12-31(32)40(25-30-21-17-27(2)18-22-30)34(42)39-35(44)45-36(4,5)6/h8-23H,24-25H2,1-7H3. The number of benzene rings is 3. The Balaban J connectivity index is 1.88. The molecular formula is C37H41N5O3. The molecule has 2 aromatic heterocycles. The molecule has 0 N–H and O–H groups in total. The number of amides is 2. The number of carbonyl (C=O) groups excluding carboxylic acids is 2. The molecule has 5 aromatic rings. The first kappa shape index (κ1) is 31.4. The van der Waals surface area contributed by atoms with Crippen molar-refractivity contribution < 1.29 is 14.3 Å². The number of aromatic nitrogens is 3. The number of pyridine rings is 1. The zero-order valence-electron chi connectivity index (χ0n) is 27.1. The number of hydrogen-bond acceptors (Lipinski definition) is 4. The second kappa shape index (κ2) is 12.6. The van der Waals surface area contributed by atoms with E-state index in [0.717, 1.165) is 33.3 Å². The summed E-state index contributed by atoms with van der Waals surface area (Å²) < 4.78 is 9.74. The molecule has 5 rings (SSSR count). The van der Waals surface area contributed by atoms with E-state index in [9.17, 15) is 9.59 Å². The van der Waals surface area contributed by atoms with Crippen molar-refractivity contribution in [3.05, 3.63) is 125 Å². The summed E-state index contributed by atoms with van der Waals surface area (Å²) in [6.45, 7) is 13.5. The maximum Gasteiger partial charge on any atom is 0.437 e. The van der Waals surface area contributed by atoms with E-state index in [4.69, 9.17) is 4.74 Å². The number of aryl methyl sites for hydroxylation is 2. The molecule has 0 aliphatic heterocycles. The van der Waals surface area contributed by atoms with Crippen molar-refractivity contribution in [3.8, 4) is 0 Å². The molecule has 2 amide bonds. The van der Waals surface area contributed by atoms with Crippen molar-refractivity contribution >= 4 is 28.9 Å². The van der Waals surface area contributed by atoms with Crippen LogP contribution in [0.5, 0.6) is 0 Å². The predicted octanol–water partition coefficient (Wildman–Crippen LogP) is 7.31. The summed E-state index contributed by atoms with van der Waals surface area (Å²) in [6, 6.07) is 30.0. The summed E-state index contributed by atoms with van der Waals surface area (Å²) in [4.78, 5) is 38.2. The number of rotatable bonds is 7. The predicted molar refractivity (Wildman–Crippen MR) is 178 cm³/mol. The lowest BCUT2D eigenvalue weighted by atomic mass is 9.97. The summed E-state index contributed by atoms with van der Waals surface area (Å²) >= 11 is 0. The number of para-hydroxylation sites is 2. The third kappa shape index (κ3) is 6.90. The van der Waals surface area contributed by atoms with Crippen LogP contribution in [0.2, 0.25) is 0 Å². The van der Waals surface area contributed by atoms with Gasteiger partial charge in [-0.3, -0.25) is 14.3 Å². The Morgan fingerprint density at radius 3 is 1.93 bits per heavy atom. The van der Waals surface area contributed by atoms with E-state index in [1.54, 1.807) is 18.0 Å². The lowest BCUT2D eigenvalue weighted by molar-refractivity contribution is -0.118. The summed E-state index contributed by atoms with van der Waals surface area (Å²) in [6.07, 6.45) is 1.37. The summed E-state index contributed by atoms with van der Waals surface area (Å²) in [5.41, 5.74) is 4.53. The van der Waals surface area contributed by atoms with Crippen LogP contribution in [0.25, 0.3) is 11.0 Å². The van der Waals surface area contributed by atoms with Gasteiger partial charge in [-0.05, 0) is 76.9 Å². The molecule has 2 heterocycles. The van der Waals surface area contributed by atoms with Gasteiger partial charge in [-0.1, -0.05) is 77.9 Å². The van der Waals surface area contributed by atoms with Gasteiger partial charge in [0, 0.05) is 19.5 Å². The van der Waals surface area contributed by atoms with Crippen molar-refractivity contribution in [1.82, 2.24) is 14.1 Å². The van der Waals surface area contributed by atoms with Gasteiger partial charge in [0.1, 0.15) is 17.1 Å². The first-order chi connectivity index (χ1) is 21.4. The van der Waals surface area contributed by atoms with Gasteiger partial charge in [0.25, 0.3) is 0 Å². The van der Waals surface area contributed by atoms with E-state index in [2.05, 4.69) is 65.4 Å². The third-order valence-corrected chi connectivity index (χ3v) is 7.72. The molecule has 45 heavy (non-hydrogen) atoms. The Kier molecular flexibility index (Phi) is 8.77. The third-order valence-electron chi connectivity index (χ3n) is 7.72. The smallest absolute Gasteiger partial charge is 0.437 e. The Bertz CT molecular complexity index is 1880. The lowest BCUT2D eigenvalue weighted by Gasteiger charge is -2.42. The fraction of sp³-hybridized carbons (Fsp3) is 0.297. The van der Waals surface area contributed by atoms with Gasteiger partial charge in [-0.2, -0.15) is 0 Å². The van der Waals surface area contributed by atoms with Gasteiger partial charge in [0.05, 0.1) is 17.6 Å². The van der Waals surface area contributed by atoms with Crippen molar-refractivity contribution in [2.75, 3.05) is 4.90 Å². The normalized spacial score (nSPS) is 13.4. The van der Waals surface area contributed by atoms with Crippen molar-refractivity contribution in [2.45, 2.75) is 72.7 Å². The molecule has 1 atom stereocenters. The van der Waals surface area contributed by atoms with E-state index in [0.29, 0.717) is 24.4 Å². The molecule has 0 bridgehead atoms. The highest BCUT2D eigenvalue weighted by atomic mass is 16.6. The van der Waals surface area contributed by atoms with E-state index in [1.807, 2.05) is 86.2 Å². The van der Waals surface area contributed by atoms with Gasteiger partial charge in [0.15, 0.2) is 0 Å². The Hall–Kier alpha value is -4.98. The minimum Gasteiger partial charge on any atom is -0.442 e. The van der Waals surface area contributed by atoms with Crippen LogP contribution in [0.1, 0.15) is 56.9 Å². The molecule has 0 saturated heterocycles. The van der Waals surface area contributed by atoms with Crippen molar-refractivity contribution in [1.29, 1.82) is 0 Å². The number of imidazole rings is 1. The maximum absolute atomic E-state index is 13.7. The summed E-state index contributed by atoms with van der Waals surface area (Å²) in [7, 11) is 0. The molecule has 0 aliphatic carbocycles. The van der Waals surface area contributed by atoms with E-state index in [1.165, 1.54) is 0 Å². The van der Waals surface area contributed by atoms with Crippen LogP contribution in [0, 0.1) is 13.8 Å². The first-order valence-corrected chi connectivity index (χ1v) is 15.2. The Labute approximate surface area is 264 Å². The number of fused-ring (bicyclic) bond motifs is 1. The topological polar surface area (TPSA) is 81.7 Å². The second-order valence-electron chi connectivity index (χ2n) is 12.7. The van der Waals surface area contributed by atoms with Crippen molar-refractivity contribution in [2.24, 2.45) is 4.99 Å². The van der Waals surface area contributed by atoms with Crippen LogP contribution in [0.3, 0.4) is 0 Å². The van der Waals surface area contributed by atoms with Crippen molar-refractivity contribution in [3.63, 3.8) is 0 Å². The van der Waals surface area contributed by atoms with Crippen LogP contribution >= 0.6 is 0 Å². The fourth-order valence-electron chi connectivity index (χ4n) is 5.79. The fourth-order valence-corrected chi connectivity index (χ4v) is 5.79. The molecule has 8 nitrogen and oxygen atoms in total. The molecule has 3 aromatic carbocycles. The molecule has 1 unspecified atom stereocenters. The van der Waals surface area contributed by atoms with Gasteiger partial charge in [-0.25, -0.2) is 9.78 Å². The van der Waals surface area contributed by atoms with E-state index >= 15 is 0 Å². The van der Waals surface area contributed by atoms with E-state index in [-0.39, 0.29) is 5.91 Å². The Morgan fingerprint density at radius 2 is 1.38 bits per heavy atom. The SMILES string of the molecule is CC(=O)N(c1ccccn1)C(C)(Cc1ccc(C)cc1)n1c(=NC(=O)OC(C)(C)C)n(Cc2ccc(C)cc2)c2ccccc21. The number of ether oxygens (including phenoxy) is 1. The quantitative estimate of drug-likeness (QED) is 0.195. The zero-order chi connectivity index (χ0) is 32.4. The van der Waals surface area contributed by atoms with Crippen LogP contribution in [0.15, 0.2) is 102 Å². The number of hydrogen-bond donors (Lipinski definition) is 0. The van der Waals surface area contributed by atoms with Crippen LogP contribution < -0.4 is 10.5 Å². The van der Waals surface area contributed by atoms with Crippen LogP contribution in [-0.2, 0) is 28.2 Å². The minimum atomic E-state index is -1.10. The van der Waals surface area contributed by atoms with Gasteiger partial charge in [0.2, 0.25) is 11.5 Å². The molecule has 0 fully saturated rings. The molecule has 0 spiro atoms. The van der Waals surface area contributed by atoms with Gasteiger partial charge < -0.3 is 9.30 Å². The highest BCUT2D eigenvalue weighted by Crippen LogP contribution is 2.33. The molecule has 0 saturated carbocycles. The van der Waals surface area contributed by atoms with E-state index < -0.39 is 17.4 Å². The summed E-state index contributed by atoms with van der Waals surface area (Å²) in [5, 5.41) is 0. The maximum atomic E-state index is 13.7. The van der Waals surface area contributed by atoms with Gasteiger partial charge in [-0.15, -0.1) is 4.99 Å². The Morgan fingerprint density at radius 1 is 0.800 bits per heavy atom. The molecule has 232 valence electrons. The average Bonchev–Trinajstić information content (AvgIpc) is 3.28. The lowest BCUT2D eigenvalue weighted by Crippen LogP contribution is -2.56. The summed E-state index contributed by atoms with van der Waals surface area (Å²) in [5.74, 6) is 0.292. The van der Waals surface area contributed by atoms with Gasteiger partial charge >= 0.3 is 6.09 Å². The minimum absolute atomic E-state index is 0.200. The monoisotopic (exact) mass is 603 g/mol. The largest absolute Gasteiger partial charge is 0.442 e. The number of carbonyl (C=O) groups is 2. The highest BCUT2D eigenvalue weighted by molar-refractivity contribution is 5.92. The zero-order valence-corrected chi connectivity index (χ0v) is 27.1. The van der Waals surface area contributed by atoms with Crippen LogP contribution in [-0.4, -0.2) is 31.7 Å². The number of anilines is 1. The second-order valence-corrected chi connectivity index (χ2v) is 12.7. The molecular weight excluding hydrogens is 562 g/mol. The first-order valence-electron chi connectivity index (χ1n) is 15.2. The highest BCUT2D eigenvalue weighted by Gasteiger charge is 2.41.